The third-order valence-electron chi connectivity index (χ3n) is 5.39. The minimum Gasteiger partial charge on any atom is -0.483 e. The van der Waals surface area contributed by atoms with Crippen molar-refractivity contribution in [2.24, 2.45) is 5.92 Å². The Morgan fingerprint density at radius 2 is 1.87 bits per heavy atom. The van der Waals surface area contributed by atoms with E-state index >= 15 is 0 Å². The van der Waals surface area contributed by atoms with E-state index in [1.807, 2.05) is 6.07 Å². The number of carbonyl (C=O) groups is 3. The van der Waals surface area contributed by atoms with E-state index in [0.717, 1.165) is 35.8 Å². The van der Waals surface area contributed by atoms with Crippen molar-refractivity contribution in [2.45, 2.75) is 46.1 Å². The lowest BCUT2D eigenvalue weighted by atomic mass is 10.0. The molecule has 0 unspecified atom stereocenters. The number of aryl methyl sites for hydroxylation is 2. The summed E-state index contributed by atoms with van der Waals surface area (Å²) in [6.07, 6.45) is 2.48. The number of nitrogens with one attached hydrogen (secondary N) is 2. The SMILES string of the molecule is Cc1c(OCC(=O)NCC(=O)N[C@H](C(=O)O)C(C)C)ccc2c3c(c(=O)oc12)CCC3. The smallest absolute Gasteiger partial charge is 0.339 e. The van der Waals surface area contributed by atoms with E-state index in [9.17, 15) is 19.2 Å². The molecule has 0 bridgehead atoms. The number of aliphatic carboxylic acids is 1. The Balaban J connectivity index is 1.60. The van der Waals surface area contributed by atoms with Crippen molar-refractivity contribution in [1.29, 1.82) is 0 Å². The van der Waals surface area contributed by atoms with E-state index < -0.39 is 23.8 Å². The summed E-state index contributed by atoms with van der Waals surface area (Å²) in [6.45, 7) is 4.39. The zero-order valence-corrected chi connectivity index (χ0v) is 17.7. The van der Waals surface area contributed by atoms with Crippen LogP contribution in [0.4, 0.5) is 0 Å². The van der Waals surface area contributed by atoms with Crippen LogP contribution in [0.2, 0.25) is 0 Å². The van der Waals surface area contributed by atoms with Gasteiger partial charge >= 0.3 is 11.6 Å². The van der Waals surface area contributed by atoms with Gasteiger partial charge in [-0.05, 0) is 49.8 Å². The highest BCUT2D eigenvalue weighted by atomic mass is 16.5. The molecular weight excluding hydrogens is 404 g/mol. The molecule has 9 heteroatoms. The second-order valence-corrected chi connectivity index (χ2v) is 7.96. The highest BCUT2D eigenvalue weighted by Crippen LogP contribution is 2.32. The Hall–Kier alpha value is -3.36. The van der Waals surface area contributed by atoms with Crippen LogP contribution in [0.3, 0.4) is 0 Å². The topological polar surface area (TPSA) is 135 Å². The largest absolute Gasteiger partial charge is 0.483 e. The molecule has 3 N–H and O–H groups in total. The van der Waals surface area contributed by atoms with E-state index in [-0.39, 0.29) is 24.7 Å². The van der Waals surface area contributed by atoms with Crippen molar-refractivity contribution in [3.8, 4) is 5.75 Å². The van der Waals surface area contributed by atoms with Crippen LogP contribution in [0, 0.1) is 12.8 Å². The van der Waals surface area contributed by atoms with Gasteiger partial charge in [0.2, 0.25) is 5.91 Å². The number of benzene rings is 1. The molecule has 1 aliphatic rings. The molecule has 2 aromatic rings. The van der Waals surface area contributed by atoms with E-state index in [2.05, 4.69) is 10.6 Å². The monoisotopic (exact) mass is 430 g/mol. The van der Waals surface area contributed by atoms with Gasteiger partial charge in [-0.1, -0.05) is 13.8 Å². The van der Waals surface area contributed by atoms with Gasteiger partial charge in [-0.15, -0.1) is 0 Å². The summed E-state index contributed by atoms with van der Waals surface area (Å²) in [7, 11) is 0. The predicted molar refractivity (Wildman–Crippen MR) is 112 cm³/mol. The molecule has 166 valence electrons. The third-order valence-corrected chi connectivity index (χ3v) is 5.39. The number of hydrogen-bond acceptors (Lipinski definition) is 6. The lowest BCUT2D eigenvalue weighted by molar-refractivity contribution is -0.143. The molecular formula is C22H26N2O7. The highest BCUT2D eigenvalue weighted by molar-refractivity contribution is 5.89. The molecule has 1 heterocycles. The van der Waals surface area contributed by atoms with Crippen molar-refractivity contribution in [2.75, 3.05) is 13.2 Å². The number of carboxylic acids is 1. The van der Waals surface area contributed by atoms with Gasteiger partial charge in [0.25, 0.3) is 5.91 Å². The van der Waals surface area contributed by atoms with Gasteiger partial charge in [0.15, 0.2) is 6.61 Å². The van der Waals surface area contributed by atoms with Gasteiger partial charge in [-0.25, -0.2) is 9.59 Å². The first-order valence-corrected chi connectivity index (χ1v) is 10.2. The van der Waals surface area contributed by atoms with Crippen molar-refractivity contribution in [3.63, 3.8) is 0 Å². The molecule has 1 aromatic heterocycles. The summed E-state index contributed by atoms with van der Waals surface area (Å²) in [6, 6.07) is 2.53. The molecule has 0 aliphatic heterocycles. The minimum absolute atomic E-state index is 0.294. The maximum Gasteiger partial charge on any atom is 0.339 e. The quantitative estimate of drug-likeness (QED) is 0.538. The van der Waals surface area contributed by atoms with Crippen LogP contribution in [0.1, 0.15) is 37.0 Å². The number of amides is 2. The first-order valence-electron chi connectivity index (χ1n) is 10.2. The lowest BCUT2D eigenvalue weighted by Crippen LogP contribution is -2.48. The van der Waals surface area contributed by atoms with Gasteiger partial charge in [0, 0.05) is 16.5 Å². The van der Waals surface area contributed by atoms with Crippen LogP contribution in [0.25, 0.3) is 11.0 Å². The van der Waals surface area contributed by atoms with E-state index in [1.165, 1.54) is 0 Å². The Kier molecular flexibility index (Phi) is 6.62. The number of rotatable bonds is 8. The summed E-state index contributed by atoms with van der Waals surface area (Å²) in [5, 5.41) is 14.7. The molecule has 2 amide bonds. The maximum atomic E-state index is 12.2. The second kappa shape index (κ2) is 9.20. The van der Waals surface area contributed by atoms with E-state index in [0.29, 0.717) is 16.9 Å². The van der Waals surface area contributed by atoms with Crippen molar-refractivity contribution in [1.82, 2.24) is 10.6 Å². The fourth-order valence-corrected chi connectivity index (χ4v) is 3.73. The average molecular weight is 430 g/mol. The molecule has 1 aliphatic carbocycles. The molecule has 0 spiro atoms. The number of fused-ring (bicyclic) bond motifs is 3. The van der Waals surface area contributed by atoms with Gasteiger partial charge in [-0.3, -0.25) is 9.59 Å². The van der Waals surface area contributed by atoms with E-state index in [1.54, 1.807) is 26.8 Å². The Bertz CT molecular complexity index is 1090. The number of carboxylic acid groups (broad SMARTS) is 1. The predicted octanol–water partition coefficient (Wildman–Crippen LogP) is 1.31. The molecule has 1 aromatic carbocycles. The fraction of sp³-hybridized carbons (Fsp3) is 0.455. The van der Waals surface area contributed by atoms with Crippen molar-refractivity contribution < 1.29 is 28.6 Å². The Morgan fingerprint density at radius 1 is 1.16 bits per heavy atom. The highest BCUT2D eigenvalue weighted by Gasteiger charge is 2.24. The third kappa shape index (κ3) is 4.87. The minimum atomic E-state index is -1.14. The molecule has 9 nitrogen and oxygen atoms in total. The van der Waals surface area contributed by atoms with Gasteiger partial charge < -0.3 is 24.9 Å². The molecule has 1 atom stereocenters. The van der Waals surface area contributed by atoms with Crippen LogP contribution < -0.4 is 21.0 Å². The molecule has 0 radical (unpaired) electrons. The Labute approximate surface area is 178 Å². The van der Waals surface area contributed by atoms with Gasteiger partial charge in [-0.2, -0.15) is 0 Å². The van der Waals surface area contributed by atoms with Crippen LogP contribution in [0.5, 0.6) is 5.75 Å². The summed E-state index contributed by atoms with van der Waals surface area (Å²) in [5.41, 5.74) is 2.50. The molecule has 0 saturated carbocycles. The van der Waals surface area contributed by atoms with Gasteiger partial charge in [0.05, 0.1) is 6.54 Å². The summed E-state index contributed by atoms with van der Waals surface area (Å²) in [4.78, 5) is 47.3. The van der Waals surface area contributed by atoms with Gasteiger partial charge in [0.1, 0.15) is 17.4 Å². The number of hydrogen-bond donors (Lipinski definition) is 3. The van der Waals surface area contributed by atoms with Crippen molar-refractivity contribution >= 4 is 28.8 Å². The number of carbonyl (C=O) groups excluding carboxylic acids is 2. The molecule has 3 rings (SSSR count). The van der Waals surface area contributed by atoms with Crippen LogP contribution in [0.15, 0.2) is 21.3 Å². The average Bonchev–Trinajstić information content (AvgIpc) is 3.21. The fourth-order valence-electron chi connectivity index (χ4n) is 3.73. The summed E-state index contributed by atoms with van der Waals surface area (Å²) >= 11 is 0. The zero-order chi connectivity index (χ0) is 22.7. The number of ether oxygens (including phenoxy) is 1. The normalized spacial score (nSPS) is 13.7. The Morgan fingerprint density at radius 3 is 2.55 bits per heavy atom. The van der Waals surface area contributed by atoms with Crippen LogP contribution in [-0.2, 0) is 27.2 Å². The van der Waals surface area contributed by atoms with Crippen LogP contribution in [-0.4, -0.2) is 42.1 Å². The maximum absolute atomic E-state index is 12.2. The van der Waals surface area contributed by atoms with E-state index in [4.69, 9.17) is 14.3 Å². The molecule has 31 heavy (non-hydrogen) atoms. The summed E-state index contributed by atoms with van der Waals surface area (Å²) in [5.74, 6) is -2.17. The first kappa shape index (κ1) is 22.3. The summed E-state index contributed by atoms with van der Waals surface area (Å²) < 4.78 is 11.1. The standard InChI is InChI=1S/C22H26N2O7/c1-11(2)19(21(27)28)24-17(25)9-23-18(26)10-30-16-8-7-14-13-5-4-6-15(13)22(29)31-20(14)12(16)3/h7-8,11,19H,4-6,9-10H2,1-3H3,(H,23,26)(H,24,25)(H,27,28)/t19-/m0/s1. The van der Waals surface area contributed by atoms with Crippen molar-refractivity contribution in [3.05, 3.63) is 39.2 Å². The second-order valence-electron chi connectivity index (χ2n) is 7.96. The zero-order valence-electron chi connectivity index (χ0n) is 17.7. The van der Waals surface area contributed by atoms with Crippen LogP contribution >= 0.6 is 0 Å². The molecule has 0 fully saturated rings. The lowest BCUT2D eigenvalue weighted by Gasteiger charge is -2.18. The molecule has 0 saturated heterocycles. The first-order chi connectivity index (χ1) is 14.7.